The third kappa shape index (κ3) is 1.31. The molecule has 1 aliphatic heterocycles. The molecule has 3 rings (SSSR count). The summed E-state index contributed by atoms with van der Waals surface area (Å²) in [4.78, 5) is 11.2. The molecule has 0 spiro atoms. The molecule has 82 valence electrons. The summed E-state index contributed by atoms with van der Waals surface area (Å²) < 4.78 is 10.7. The fraction of sp³-hybridized carbons (Fsp3) is 0.250. The van der Waals surface area contributed by atoms with Gasteiger partial charge in [-0.05, 0) is 18.2 Å². The van der Waals surface area contributed by atoms with Crippen molar-refractivity contribution >= 4 is 11.0 Å². The van der Waals surface area contributed by atoms with E-state index in [0.29, 0.717) is 17.8 Å². The molecule has 1 unspecified atom stereocenters. The van der Waals surface area contributed by atoms with Crippen molar-refractivity contribution in [3.63, 3.8) is 0 Å². The largest absolute Gasteiger partial charge is 0.487 e. The number of benzene rings is 1. The zero-order valence-electron chi connectivity index (χ0n) is 8.47. The summed E-state index contributed by atoms with van der Waals surface area (Å²) in [6.45, 7) is -0.0345. The molecule has 1 aliphatic rings. The number of hydrogen-bond donors (Lipinski definition) is 1. The van der Waals surface area contributed by atoms with Crippen LogP contribution < -0.4 is 10.4 Å². The van der Waals surface area contributed by atoms with Gasteiger partial charge in [-0.25, -0.2) is 4.79 Å². The van der Waals surface area contributed by atoms with Gasteiger partial charge in [0.25, 0.3) is 0 Å². The van der Waals surface area contributed by atoms with Crippen LogP contribution in [0.5, 0.6) is 5.75 Å². The van der Waals surface area contributed by atoms with Crippen molar-refractivity contribution < 1.29 is 14.3 Å². The first kappa shape index (κ1) is 9.42. The Hall–Kier alpha value is -1.81. The van der Waals surface area contributed by atoms with Crippen molar-refractivity contribution in [1.82, 2.24) is 0 Å². The molecule has 0 saturated carbocycles. The van der Waals surface area contributed by atoms with Gasteiger partial charge in [-0.15, -0.1) is 0 Å². The SMILES string of the molecule is O=c1ccc2ccc3c(c2o1)CC(CO)O3. The van der Waals surface area contributed by atoms with E-state index in [1.807, 2.05) is 12.1 Å². The number of rotatable bonds is 1. The Balaban J connectivity index is 2.26. The van der Waals surface area contributed by atoms with Crippen LogP contribution in [0.3, 0.4) is 0 Å². The standard InChI is InChI=1S/C12H10O4/c13-6-8-5-9-10(15-8)3-1-7-2-4-11(14)16-12(7)9/h1-4,8,13H,5-6H2. The van der Waals surface area contributed by atoms with Crippen LogP contribution in [0.25, 0.3) is 11.0 Å². The minimum absolute atomic E-state index is 0.0345. The van der Waals surface area contributed by atoms with Crippen LogP contribution in [-0.4, -0.2) is 17.8 Å². The van der Waals surface area contributed by atoms with Crippen molar-refractivity contribution in [3.8, 4) is 5.75 Å². The summed E-state index contributed by atoms with van der Waals surface area (Å²) in [6.07, 6.45) is 0.349. The molecule has 1 aromatic carbocycles. The molecule has 4 nitrogen and oxygen atoms in total. The summed E-state index contributed by atoms with van der Waals surface area (Å²) in [5.41, 5.74) is 1.07. The molecule has 4 heteroatoms. The predicted octanol–water partition coefficient (Wildman–Crippen LogP) is 1.09. The highest BCUT2D eigenvalue weighted by Gasteiger charge is 2.25. The third-order valence-corrected chi connectivity index (χ3v) is 2.78. The summed E-state index contributed by atoms with van der Waals surface area (Å²) in [6, 6.07) is 6.81. The van der Waals surface area contributed by atoms with Crippen LogP contribution in [0.4, 0.5) is 0 Å². The van der Waals surface area contributed by atoms with E-state index < -0.39 is 0 Å². The van der Waals surface area contributed by atoms with Gasteiger partial charge in [0.2, 0.25) is 0 Å². The normalized spacial score (nSPS) is 18.4. The number of ether oxygens (including phenoxy) is 1. The van der Waals surface area contributed by atoms with Crippen molar-refractivity contribution in [2.45, 2.75) is 12.5 Å². The smallest absolute Gasteiger partial charge is 0.336 e. The molecule has 0 saturated heterocycles. The molecule has 0 bridgehead atoms. The van der Waals surface area contributed by atoms with Crippen LogP contribution in [0.15, 0.2) is 33.5 Å². The van der Waals surface area contributed by atoms with E-state index in [-0.39, 0.29) is 18.3 Å². The maximum absolute atomic E-state index is 11.2. The second kappa shape index (κ2) is 3.35. The van der Waals surface area contributed by atoms with Crippen molar-refractivity contribution in [2.75, 3.05) is 6.61 Å². The molecule has 1 aromatic heterocycles. The molecule has 0 radical (unpaired) electrons. The molecule has 16 heavy (non-hydrogen) atoms. The van der Waals surface area contributed by atoms with Gasteiger partial charge in [-0.2, -0.15) is 0 Å². The molecule has 0 amide bonds. The van der Waals surface area contributed by atoms with Crippen LogP contribution in [0.2, 0.25) is 0 Å². The van der Waals surface area contributed by atoms with Crippen molar-refractivity contribution in [3.05, 3.63) is 40.2 Å². The highest BCUT2D eigenvalue weighted by molar-refractivity contribution is 5.82. The monoisotopic (exact) mass is 218 g/mol. The van der Waals surface area contributed by atoms with Gasteiger partial charge < -0.3 is 14.3 Å². The van der Waals surface area contributed by atoms with E-state index in [1.165, 1.54) is 6.07 Å². The lowest BCUT2D eigenvalue weighted by atomic mass is 10.1. The average Bonchev–Trinajstić information content (AvgIpc) is 2.72. The fourth-order valence-electron chi connectivity index (χ4n) is 2.03. The molecular weight excluding hydrogens is 208 g/mol. The van der Waals surface area contributed by atoms with Gasteiger partial charge in [-0.3, -0.25) is 0 Å². The van der Waals surface area contributed by atoms with Gasteiger partial charge in [0.1, 0.15) is 17.4 Å². The Morgan fingerprint density at radius 1 is 1.31 bits per heavy atom. The topological polar surface area (TPSA) is 59.7 Å². The minimum Gasteiger partial charge on any atom is -0.487 e. The zero-order valence-corrected chi connectivity index (χ0v) is 8.47. The van der Waals surface area contributed by atoms with Crippen molar-refractivity contribution in [1.29, 1.82) is 0 Å². The first-order valence-electron chi connectivity index (χ1n) is 5.11. The van der Waals surface area contributed by atoms with E-state index in [4.69, 9.17) is 14.3 Å². The molecule has 2 heterocycles. The number of aliphatic hydroxyl groups excluding tert-OH is 1. The zero-order chi connectivity index (χ0) is 11.1. The average molecular weight is 218 g/mol. The van der Waals surface area contributed by atoms with E-state index in [2.05, 4.69) is 0 Å². The molecule has 1 N–H and O–H groups in total. The first-order chi connectivity index (χ1) is 7.78. The molecule has 0 aliphatic carbocycles. The Morgan fingerprint density at radius 3 is 2.94 bits per heavy atom. The lowest BCUT2D eigenvalue weighted by Crippen LogP contribution is -2.17. The predicted molar refractivity (Wildman–Crippen MR) is 57.7 cm³/mol. The van der Waals surface area contributed by atoms with E-state index in [0.717, 1.165) is 10.9 Å². The second-order valence-electron chi connectivity index (χ2n) is 3.84. The Bertz CT molecular complexity index is 599. The lowest BCUT2D eigenvalue weighted by molar-refractivity contribution is 0.134. The maximum Gasteiger partial charge on any atom is 0.336 e. The van der Waals surface area contributed by atoms with Crippen LogP contribution in [-0.2, 0) is 6.42 Å². The minimum atomic E-state index is -0.367. The number of hydrogen-bond acceptors (Lipinski definition) is 4. The fourth-order valence-corrected chi connectivity index (χ4v) is 2.03. The third-order valence-electron chi connectivity index (χ3n) is 2.78. The second-order valence-corrected chi connectivity index (χ2v) is 3.84. The number of aliphatic hydroxyl groups is 1. The van der Waals surface area contributed by atoms with Gasteiger partial charge >= 0.3 is 5.63 Å². The number of fused-ring (bicyclic) bond motifs is 3. The van der Waals surface area contributed by atoms with Crippen LogP contribution in [0.1, 0.15) is 5.56 Å². The van der Waals surface area contributed by atoms with E-state index in [1.54, 1.807) is 6.07 Å². The van der Waals surface area contributed by atoms with Gasteiger partial charge in [0.15, 0.2) is 0 Å². The first-order valence-corrected chi connectivity index (χ1v) is 5.11. The summed E-state index contributed by atoms with van der Waals surface area (Å²) in [5.74, 6) is 0.695. The molecular formula is C12H10O4. The molecule has 0 fully saturated rings. The van der Waals surface area contributed by atoms with Gasteiger partial charge in [0, 0.05) is 23.4 Å². The van der Waals surface area contributed by atoms with Crippen molar-refractivity contribution in [2.24, 2.45) is 0 Å². The van der Waals surface area contributed by atoms with E-state index >= 15 is 0 Å². The highest BCUT2D eigenvalue weighted by atomic mass is 16.5. The Labute approximate surface area is 91.1 Å². The van der Waals surface area contributed by atoms with Gasteiger partial charge in [-0.1, -0.05) is 0 Å². The Morgan fingerprint density at radius 2 is 2.12 bits per heavy atom. The van der Waals surface area contributed by atoms with Crippen LogP contribution >= 0.6 is 0 Å². The Kier molecular flexibility index (Phi) is 1.97. The summed E-state index contributed by atoms with van der Waals surface area (Å²) in [5, 5.41) is 9.92. The van der Waals surface area contributed by atoms with Crippen LogP contribution in [0, 0.1) is 0 Å². The maximum atomic E-state index is 11.2. The van der Waals surface area contributed by atoms with E-state index in [9.17, 15) is 4.79 Å². The highest BCUT2D eigenvalue weighted by Crippen LogP contribution is 2.34. The molecule has 2 aromatic rings. The summed E-state index contributed by atoms with van der Waals surface area (Å²) >= 11 is 0. The molecule has 1 atom stereocenters. The summed E-state index contributed by atoms with van der Waals surface area (Å²) in [7, 11) is 0. The quantitative estimate of drug-likeness (QED) is 0.728. The lowest BCUT2D eigenvalue weighted by Gasteiger charge is -2.04. The van der Waals surface area contributed by atoms with Gasteiger partial charge in [0.05, 0.1) is 6.61 Å².